The van der Waals surface area contributed by atoms with Gasteiger partial charge < -0.3 is 0 Å². The van der Waals surface area contributed by atoms with Gasteiger partial charge in [-0.1, -0.05) is 30.3 Å². The fraction of sp³-hybridized carbons (Fsp3) is 0.143. The summed E-state index contributed by atoms with van der Waals surface area (Å²) in [6.07, 6.45) is 2.97. The number of carbonyl (C=O) groups is 1. The molecule has 1 aliphatic rings. The van der Waals surface area contributed by atoms with E-state index < -0.39 is 0 Å². The number of aromatic nitrogens is 4. The Morgan fingerprint density at radius 2 is 1.89 bits per heavy atom. The number of nitrogens with zero attached hydrogens (tertiary/aromatic N) is 4. The molecule has 0 unspecified atom stereocenters. The molecule has 1 aromatic carbocycles. The monoisotopic (exact) mass is 250 g/mol. The van der Waals surface area contributed by atoms with Crippen LogP contribution in [0.5, 0.6) is 0 Å². The van der Waals surface area contributed by atoms with Crippen molar-refractivity contribution in [1.82, 2.24) is 19.8 Å². The molecule has 1 aliphatic carbocycles. The summed E-state index contributed by atoms with van der Waals surface area (Å²) in [5.41, 5.74) is 4.04. The molecule has 3 aromatic rings. The van der Waals surface area contributed by atoms with Gasteiger partial charge in [0.1, 0.15) is 0 Å². The quantitative estimate of drug-likeness (QED) is 0.662. The lowest BCUT2D eigenvalue weighted by Crippen LogP contribution is -2.05. The Balaban J connectivity index is 2.00. The number of hydrogen-bond acceptors (Lipinski definition) is 4. The minimum Gasteiger partial charge on any atom is -0.292 e. The molecule has 5 heteroatoms. The van der Waals surface area contributed by atoms with E-state index in [0.717, 1.165) is 16.8 Å². The van der Waals surface area contributed by atoms with Crippen LogP contribution in [-0.4, -0.2) is 25.6 Å². The Morgan fingerprint density at radius 3 is 2.74 bits per heavy atom. The third-order valence-electron chi connectivity index (χ3n) is 3.46. The van der Waals surface area contributed by atoms with Crippen molar-refractivity contribution >= 4 is 11.4 Å². The SMILES string of the molecule is O=C1CCc2c1nnc1c(-c3ccccc3)cnn21. The molecule has 19 heavy (non-hydrogen) atoms. The third-order valence-corrected chi connectivity index (χ3v) is 3.46. The molecular formula is C14H10N4O. The first-order valence-corrected chi connectivity index (χ1v) is 6.16. The summed E-state index contributed by atoms with van der Waals surface area (Å²) < 4.78 is 1.75. The normalized spacial score (nSPS) is 14.0. The highest BCUT2D eigenvalue weighted by Crippen LogP contribution is 2.26. The van der Waals surface area contributed by atoms with Crippen LogP contribution in [-0.2, 0) is 6.42 Å². The van der Waals surface area contributed by atoms with Gasteiger partial charge in [0.2, 0.25) is 0 Å². The zero-order valence-electron chi connectivity index (χ0n) is 10.1. The molecule has 2 heterocycles. The highest BCUT2D eigenvalue weighted by Gasteiger charge is 2.26. The molecule has 4 rings (SSSR count). The second-order valence-electron chi connectivity index (χ2n) is 4.58. The van der Waals surface area contributed by atoms with Crippen LogP contribution in [0.4, 0.5) is 0 Å². The number of fused-ring (bicyclic) bond motifs is 3. The Kier molecular flexibility index (Phi) is 2.03. The van der Waals surface area contributed by atoms with Gasteiger partial charge in [-0.15, -0.1) is 10.2 Å². The van der Waals surface area contributed by atoms with Crippen molar-refractivity contribution < 1.29 is 4.79 Å². The molecule has 0 spiro atoms. The maximum Gasteiger partial charge on any atom is 0.185 e. The predicted molar refractivity (Wildman–Crippen MR) is 68.9 cm³/mol. The minimum atomic E-state index is 0.0566. The molecule has 0 atom stereocenters. The Morgan fingerprint density at radius 1 is 1.05 bits per heavy atom. The summed E-state index contributed by atoms with van der Waals surface area (Å²) >= 11 is 0. The molecule has 0 saturated heterocycles. The van der Waals surface area contributed by atoms with Crippen LogP contribution in [0.2, 0.25) is 0 Å². The van der Waals surface area contributed by atoms with Gasteiger partial charge in [-0.05, 0) is 12.0 Å². The third kappa shape index (κ3) is 1.41. The van der Waals surface area contributed by atoms with Gasteiger partial charge in [0.05, 0.1) is 11.9 Å². The zero-order chi connectivity index (χ0) is 12.8. The lowest BCUT2D eigenvalue weighted by atomic mass is 10.1. The smallest absolute Gasteiger partial charge is 0.185 e. The molecule has 5 nitrogen and oxygen atoms in total. The Bertz CT molecular complexity index is 792. The Hall–Kier alpha value is -2.56. The first kappa shape index (κ1) is 10.4. The summed E-state index contributed by atoms with van der Waals surface area (Å²) in [7, 11) is 0. The van der Waals surface area contributed by atoms with E-state index in [0.29, 0.717) is 24.2 Å². The number of hydrogen-bond donors (Lipinski definition) is 0. The lowest BCUT2D eigenvalue weighted by molar-refractivity contribution is 0.0989. The second kappa shape index (κ2) is 3.71. The number of carbonyl (C=O) groups excluding carboxylic acids is 1. The topological polar surface area (TPSA) is 60.2 Å². The van der Waals surface area contributed by atoms with E-state index in [1.807, 2.05) is 30.3 Å². The maximum atomic E-state index is 11.6. The van der Waals surface area contributed by atoms with Gasteiger partial charge in [0.25, 0.3) is 0 Å². The summed E-state index contributed by atoms with van der Waals surface area (Å²) in [6, 6.07) is 9.94. The number of Topliss-reactive ketones (excluding diaryl/α,β-unsaturated/α-hetero) is 1. The van der Waals surface area contributed by atoms with Gasteiger partial charge in [-0.2, -0.15) is 5.10 Å². The largest absolute Gasteiger partial charge is 0.292 e. The number of rotatable bonds is 1. The number of benzene rings is 1. The van der Waals surface area contributed by atoms with Gasteiger partial charge in [0.15, 0.2) is 17.1 Å². The predicted octanol–water partition coefficient (Wildman–Crippen LogP) is 1.92. The van der Waals surface area contributed by atoms with E-state index in [1.54, 1.807) is 10.7 Å². The van der Waals surface area contributed by atoms with E-state index in [-0.39, 0.29) is 5.78 Å². The molecule has 92 valence electrons. The van der Waals surface area contributed by atoms with Crippen LogP contribution >= 0.6 is 0 Å². The van der Waals surface area contributed by atoms with E-state index >= 15 is 0 Å². The van der Waals surface area contributed by atoms with Crippen molar-refractivity contribution in [3.05, 3.63) is 47.9 Å². The molecule has 0 saturated carbocycles. The standard InChI is InChI=1S/C14H10N4O/c19-12-7-6-11-13(12)16-17-14-10(8-15-18(11)14)9-4-2-1-3-5-9/h1-5,8H,6-7H2. The molecule has 2 aromatic heterocycles. The summed E-state index contributed by atoms with van der Waals surface area (Å²) in [5, 5.41) is 12.6. The summed E-state index contributed by atoms with van der Waals surface area (Å²) in [5.74, 6) is 0.0566. The molecule has 0 amide bonds. The Labute approximate surface area is 108 Å². The molecule has 0 aliphatic heterocycles. The fourth-order valence-corrected chi connectivity index (χ4v) is 2.50. The molecular weight excluding hydrogens is 240 g/mol. The molecule has 0 bridgehead atoms. The van der Waals surface area contributed by atoms with Crippen LogP contribution in [0.1, 0.15) is 22.6 Å². The minimum absolute atomic E-state index is 0.0566. The average Bonchev–Trinajstić information content (AvgIpc) is 3.03. The van der Waals surface area contributed by atoms with E-state index in [9.17, 15) is 4.79 Å². The van der Waals surface area contributed by atoms with Crippen molar-refractivity contribution in [2.24, 2.45) is 0 Å². The summed E-state index contributed by atoms with van der Waals surface area (Å²) in [6.45, 7) is 0. The van der Waals surface area contributed by atoms with Crippen molar-refractivity contribution in [2.45, 2.75) is 12.8 Å². The highest BCUT2D eigenvalue weighted by atomic mass is 16.1. The van der Waals surface area contributed by atoms with Crippen LogP contribution in [0, 0.1) is 0 Å². The average molecular weight is 250 g/mol. The van der Waals surface area contributed by atoms with Crippen molar-refractivity contribution in [3.8, 4) is 11.1 Å². The second-order valence-corrected chi connectivity index (χ2v) is 4.58. The first-order chi connectivity index (χ1) is 9.34. The summed E-state index contributed by atoms with van der Waals surface area (Å²) in [4.78, 5) is 11.6. The van der Waals surface area contributed by atoms with Gasteiger partial charge >= 0.3 is 0 Å². The van der Waals surface area contributed by atoms with E-state index in [1.165, 1.54) is 0 Å². The number of aryl methyl sites for hydroxylation is 1. The van der Waals surface area contributed by atoms with Gasteiger partial charge in [-0.3, -0.25) is 4.79 Å². The zero-order valence-corrected chi connectivity index (χ0v) is 10.1. The molecule has 0 N–H and O–H groups in total. The van der Waals surface area contributed by atoms with Crippen molar-refractivity contribution in [2.75, 3.05) is 0 Å². The van der Waals surface area contributed by atoms with Crippen LogP contribution < -0.4 is 0 Å². The fourth-order valence-electron chi connectivity index (χ4n) is 2.50. The molecule has 0 radical (unpaired) electrons. The van der Waals surface area contributed by atoms with Crippen LogP contribution in [0.25, 0.3) is 16.8 Å². The molecule has 0 fully saturated rings. The van der Waals surface area contributed by atoms with Crippen molar-refractivity contribution in [3.63, 3.8) is 0 Å². The van der Waals surface area contributed by atoms with Crippen LogP contribution in [0.15, 0.2) is 36.5 Å². The first-order valence-electron chi connectivity index (χ1n) is 6.16. The number of ketones is 1. The highest BCUT2D eigenvalue weighted by molar-refractivity contribution is 5.98. The van der Waals surface area contributed by atoms with Crippen LogP contribution in [0.3, 0.4) is 0 Å². The lowest BCUT2D eigenvalue weighted by Gasteiger charge is -2.01. The van der Waals surface area contributed by atoms with Crippen molar-refractivity contribution in [1.29, 1.82) is 0 Å². The van der Waals surface area contributed by atoms with Gasteiger partial charge in [0, 0.05) is 12.0 Å². The van der Waals surface area contributed by atoms with E-state index in [4.69, 9.17) is 0 Å². The van der Waals surface area contributed by atoms with E-state index in [2.05, 4.69) is 15.3 Å². The maximum absolute atomic E-state index is 11.6. The van der Waals surface area contributed by atoms with Gasteiger partial charge in [-0.25, -0.2) is 4.52 Å².